The van der Waals surface area contributed by atoms with E-state index in [0.717, 1.165) is 22.4 Å². The molecule has 0 atom stereocenters. The zero-order valence-corrected chi connectivity index (χ0v) is 13.7. The average molecular weight is 297 g/mol. The topological polar surface area (TPSA) is 38.3 Å². The van der Waals surface area contributed by atoms with Gasteiger partial charge in [0.25, 0.3) is 0 Å². The highest BCUT2D eigenvalue weighted by molar-refractivity contribution is 5.78. The Morgan fingerprint density at radius 1 is 1.00 bits per heavy atom. The third-order valence-corrected chi connectivity index (χ3v) is 3.92. The van der Waals surface area contributed by atoms with E-state index in [4.69, 9.17) is 4.74 Å². The Bertz CT molecular complexity index is 677. The van der Waals surface area contributed by atoms with Gasteiger partial charge in [-0.05, 0) is 54.7 Å². The largest absolute Gasteiger partial charge is 0.489 e. The summed E-state index contributed by atoms with van der Waals surface area (Å²) in [5.74, 6) is 0.910. The molecule has 0 spiro atoms. The maximum absolute atomic E-state index is 11.6. The van der Waals surface area contributed by atoms with E-state index in [2.05, 4.69) is 38.2 Å². The number of carbonyl (C=O) groups excluding carboxylic acids is 1. The molecule has 3 heteroatoms. The van der Waals surface area contributed by atoms with Gasteiger partial charge in [-0.1, -0.05) is 30.3 Å². The van der Waals surface area contributed by atoms with Gasteiger partial charge in [0, 0.05) is 7.05 Å². The van der Waals surface area contributed by atoms with Crippen LogP contribution in [-0.4, -0.2) is 13.0 Å². The molecular weight excluding hydrogens is 274 g/mol. The van der Waals surface area contributed by atoms with Crippen LogP contribution in [0.25, 0.3) is 0 Å². The molecule has 0 heterocycles. The van der Waals surface area contributed by atoms with E-state index in [9.17, 15) is 4.79 Å². The van der Waals surface area contributed by atoms with Crippen LogP contribution in [0, 0.1) is 20.8 Å². The summed E-state index contributed by atoms with van der Waals surface area (Å²) < 4.78 is 5.98. The van der Waals surface area contributed by atoms with Crippen molar-refractivity contribution in [3.05, 3.63) is 64.2 Å². The molecule has 0 aliphatic rings. The molecule has 3 nitrogen and oxygen atoms in total. The summed E-state index contributed by atoms with van der Waals surface area (Å²) in [7, 11) is 1.65. The molecule has 2 rings (SSSR count). The fourth-order valence-electron chi connectivity index (χ4n) is 2.38. The number of ether oxygens (including phenoxy) is 1. The summed E-state index contributed by atoms with van der Waals surface area (Å²) in [6.45, 7) is 6.71. The van der Waals surface area contributed by atoms with Crippen molar-refractivity contribution in [2.24, 2.45) is 0 Å². The van der Waals surface area contributed by atoms with Gasteiger partial charge in [0.2, 0.25) is 5.91 Å². The van der Waals surface area contributed by atoms with Gasteiger partial charge in [-0.3, -0.25) is 4.79 Å². The molecule has 0 saturated heterocycles. The number of hydrogen-bond acceptors (Lipinski definition) is 2. The third-order valence-electron chi connectivity index (χ3n) is 3.92. The standard InChI is InChI=1S/C19H23NO2/c1-13-9-15(3)18(10-14(13)2)22-12-17-8-6-5-7-16(17)11-19(21)20-4/h5-10H,11-12H2,1-4H3,(H,20,21). The minimum atomic E-state index is 0.00908. The first-order valence-corrected chi connectivity index (χ1v) is 7.49. The molecule has 0 radical (unpaired) electrons. The van der Waals surface area contributed by atoms with Crippen LogP contribution < -0.4 is 10.1 Å². The van der Waals surface area contributed by atoms with Gasteiger partial charge in [-0.15, -0.1) is 0 Å². The summed E-state index contributed by atoms with van der Waals surface area (Å²) in [4.78, 5) is 11.6. The van der Waals surface area contributed by atoms with Gasteiger partial charge < -0.3 is 10.1 Å². The predicted molar refractivity (Wildman–Crippen MR) is 89.2 cm³/mol. The van der Waals surface area contributed by atoms with Crippen molar-refractivity contribution in [2.45, 2.75) is 33.8 Å². The van der Waals surface area contributed by atoms with E-state index >= 15 is 0 Å². The molecule has 0 aromatic heterocycles. The number of nitrogens with one attached hydrogen (secondary N) is 1. The first-order valence-electron chi connectivity index (χ1n) is 7.49. The van der Waals surface area contributed by atoms with Gasteiger partial charge in [0.1, 0.15) is 12.4 Å². The van der Waals surface area contributed by atoms with Crippen LogP contribution in [0.5, 0.6) is 5.75 Å². The van der Waals surface area contributed by atoms with E-state index in [1.807, 2.05) is 24.3 Å². The molecule has 1 amide bonds. The summed E-state index contributed by atoms with van der Waals surface area (Å²) >= 11 is 0. The van der Waals surface area contributed by atoms with Crippen LogP contribution in [0.1, 0.15) is 27.8 Å². The van der Waals surface area contributed by atoms with Crippen LogP contribution in [-0.2, 0) is 17.8 Å². The van der Waals surface area contributed by atoms with Gasteiger partial charge in [0.05, 0.1) is 6.42 Å². The molecule has 0 fully saturated rings. The van der Waals surface area contributed by atoms with E-state index in [1.54, 1.807) is 7.05 Å². The van der Waals surface area contributed by atoms with Gasteiger partial charge >= 0.3 is 0 Å². The van der Waals surface area contributed by atoms with Crippen LogP contribution >= 0.6 is 0 Å². The number of benzene rings is 2. The molecule has 0 bridgehead atoms. The number of hydrogen-bond donors (Lipinski definition) is 1. The first-order chi connectivity index (χ1) is 10.5. The van der Waals surface area contributed by atoms with Crippen LogP contribution in [0.4, 0.5) is 0 Å². The quantitative estimate of drug-likeness (QED) is 0.917. The molecule has 1 N–H and O–H groups in total. The van der Waals surface area contributed by atoms with Crippen molar-refractivity contribution < 1.29 is 9.53 Å². The molecule has 116 valence electrons. The second kappa shape index (κ2) is 7.12. The van der Waals surface area contributed by atoms with E-state index in [-0.39, 0.29) is 5.91 Å². The van der Waals surface area contributed by atoms with Crippen LogP contribution in [0.3, 0.4) is 0 Å². The lowest BCUT2D eigenvalue weighted by Gasteiger charge is -2.14. The zero-order chi connectivity index (χ0) is 16.1. The normalized spacial score (nSPS) is 10.4. The average Bonchev–Trinajstić information content (AvgIpc) is 2.50. The molecule has 2 aromatic carbocycles. The van der Waals surface area contributed by atoms with Gasteiger partial charge in [0.15, 0.2) is 0 Å². The van der Waals surface area contributed by atoms with E-state index < -0.39 is 0 Å². The molecule has 0 aliphatic heterocycles. The predicted octanol–water partition coefficient (Wildman–Crippen LogP) is 3.48. The Balaban J connectivity index is 2.15. The van der Waals surface area contributed by atoms with Crippen LogP contribution in [0.15, 0.2) is 36.4 Å². The van der Waals surface area contributed by atoms with Crippen molar-refractivity contribution in [3.8, 4) is 5.75 Å². The Kier molecular flexibility index (Phi) is 5.21. The Morgan fingerprint density at radius 2 is 1.64 bits per heavy atom. The number of aryl methyl sites for hydroxylation is 3. The van der Waals surface area contributed by atoms with Crippen molar-refractivity contribution in [1.29, 1.82) is 0 Å². The lowest BCUT2D eigenvalue weighted by atomic mass is 10.0. The third kappa shape index (κ3) is 3.88. The minimum Gasteiger partial charge on any atom is -0.489 e. The summed E-state index contributed by atoms with van der Waals surface area (Å²) in [6, 6.07) is 12.1. The second-order valence-corrected chi connectivity index (χ2v) is 5.61. The van der Waals surface area contributed by atoms with Crippen molar-refractivity contribution >= 4 is 5.91 Å². The van der Waals surface area contributed by atoms with Gasteiger partial charge in [-0.25, -0.2) is 0 Å². The van der Waals surface area contributed by atoms with Crippen molar-refractivity contribution in [1.82, 2.24) is 5.32 Å². The van der Waals surface area contributed by atoms with E-state index in [0.29, 0.717) is 13.0 Å². The number of carbonyl (C=O) groups is 1. The summed E-state index contributed by atoms with van der Waals surface area (Å²) in [5.41, 5.74) is 5.67. The SMILES string of the molecule is CNC(=O)Cc1ccccc1COc1cc(C)c(C)cc1C. The van der Waals surface area contributed by atoms with E-state index in [1.165, 1.54) is 11.1 Å². The number of likely N-dealkylation sites (N-methyl/N-ethyl adjacent to an activating group) is 1. The van der Waals surface area contributed by atoms with Crippen LogP contribution in [0.2, 0.25) is 0 Å². The zero-order valence-electron chi connectivity index (χ0n) is 13.7. The molecule has 22 heavy (non-hydrogen) atoms. The first kappa shape index (κ1) is 16.1. The number of rotatable bonds is 5. The fourth-order valence-corrected chi connectivity index (χ4v) is 2.38. The van der Waals surface area contributed by atoms with Gasteiger partial charge in [-0.2, -0.15) is 0 Å². The summed E-state index contributed by atoms with van der Waals surface area (Å²) in [5, 5.41) is 2.66. The molecule has 2 aromatic rings. The number of amides is 1. The maximum atomic E-state index is 11.6. The molecule has 0 aliphatic carbocycles. The highest BCUT2D eigenvalue weighted by Crippen LogP contribution is 2.24. The van der Waals surface area contributed by atoms with Crippen molar-refractivity contribution in [2.75, 3.05) is 7.05 Å². The highest BCUT2D eigenvalue weighted by atomic mass is 16.5. The maximum Gasteiger partial charge on any atom is 0.224 e. The lowest BCUT2D eigenvalue weighted by Crippen LogP contribution is -2.20. The Hall–Kier alpha value is -2.29. The monoisotopic (exact) mass is 297 g/mol. The van der Waals surface area contributed by atoms with Crippen molar-refractivity contribution in [3.63, 3.8) is 0 Å². The molecule has 0 unspecified atom stereocenters. The highest BCUT2D eigenvalue weighted by Gasteiger charge is 2.08. The Morgan fingerprint density at radius 3 is 2.32 bits per heavy atom. The molecule has 0 saturated carbocycles. The lowest BCUT2D eigenvalue weighted by molar-refractivity contribution is -0.119. The minimum absolute atomic E-state index is 0.00908. The molecular formula is C19H23NO2. The smallest absolute Gasteiger partial charge is 0.224 e. The summed E-state index contributed by atoms with van der Waals surface area (Å²) in [6.07, 6.45) is 0.377. The fraction of sp³-hybridized carbons (Fsp3) is 0.316. The second-order valence-electron chi connectivity index (χ2n) is 5.61. The Labute approximate surface area is 132 Å².